The molecule has 1 aromatic heterocycles. The minimum absolute atomic E-state index is 0.0133. The summed E-state index contributed by atoms with van der Waals surface area (Å²) >= 11 is 0. The van der Waals surface area contributed by atoms with Gasteiger partial charge in [-0.2, -0.15) is 4.98 Å². The molecule has 1 heterocycles. The van der Waals surface area contributed by atoms with Gasteiger partial charge in [0.15, 0.2) is 0 Å². The number of carbonyl (C=O) groups is 1. The second-order valence-corrected chi connectivity index (χ2v) is 5.83. The molecule has 1 N–H and O–H groups in total. The second-order valence-electron chi connectivity index (χ2n) is 5.83. The first-order valence-electron chi connectivity index (χ1n) is 7.86. The quantitative estimate of drug-likeness (QED) is 0.755. The van der Waals surface area contributed by atoms with Crippen molar-refractivity contribution in [2.45, 2.75) is 26.2 Å². The van der Waals surface area contributed by atoms with Gasteiger partial charge in [0.05, 0.1) is 0 Å². The van der Waals surface area contributed by atoms with Crippen LogP contribution in [0.2, 0.25) is 0 Å². The van der Waals surface area contributed by atoms with Crippen molar-refractivity contribution in [1.29, 1.82) is 0 Å². The second kappa shape index (κ2) is 8.43. The lowest BCUT2D eigenvalue weighted by Gasteiger charge is -2.09. The third-order valence-corrected chi connectivity index (χ3v) is 3.52. The molecule has 0 fully saturated rings. The molecule has 1 aromatic carbocycles. The van der Waals surface area contributed by atoms with Crippen LogP contribution in [0.3, 0.4) is 0 Å². The van der Waals surface area contributed by atoms with E-state index in [9.17, 15) is 4.79 Å². The van der Waals surface area contributed by atoms with E-state index in [2.05, 4.69) is 20.4 Å². The SMILES string of the molecule is Cc1ccccc1-c1noc(CCC(=O)NCCCN(C)C)n1. The summed E-state index contributed by atoms with van der Waals surface area (Å²) in [6, 6.07) is 7.88. The first-order chi connectivity index (χ1) is 11.1. The first kappa shape index (κ1) is 17.1. The van der Waals surface area contributed by atoms with E-state index in [1.807, 2.05) is 45.3 Å². The van der Waals surface area contributed by atoms with Gasteiger partial charge in [-0.15, -0.1) is 0 Å². The fourth-order valence-corrected chi connectivity index (χ4v) is 2.22. The van der Waals surface area contributed by atoms with E-state index in [4.69, 9.17) is 4.52 Å². The molecule has 0 radical (unpaired) electrons. The summed E-state index contributed by atoms with van der Waals surface area (Å²) in [5, 5.41) is 6.90. The van der Waals surface area contributed by atoms with Crippen molar-refractivity contribution in [3.63, 3.8) is 0 Å². The Morgan fingerprint density at radius 1 is 1.30 bits per heavy atom. The van der Waals surface area contributed by atoms with Gasteiger partial charge in [-0.3, -0.25) is 4.79 Å². The molecular weight excluding hydrogens is 292 g/mol. The van der Waals surface area contributed by atoms with E-state index in [0.717, 1.165) is 24.1 Å². The number of rotatable bonds is 8. The van der Waals surface area contributed by atoms with Crippen molar-refractivity contribution in [3.8, 4) is 11.4 Å². The minimum Gasteiger partial charge on any atom is -0.356 e. The third-order valence-electron chi connectivity index (χ3n) is 3.52. The minimum atomic E-state index is 0.0133. The van der Waals surface area contributed by atoms with E-state index < -0.39 is 0 Å². The number of nitrogens with zero attached hydrogens (tertiary/aromatic N) is 3. The van der Waals surface area contributed by atoms with Gasteiger partial charge in [-0.1, -0.05) is 29.4 Å². The zero-order valence-corrected chi connectivity index (χ0v) is 14.0. The van der Waals surface area contributed by atoms with Crippen LogP contribution in [0.1, 0.15) is 24.3 Å². The monoisotopic (exact) mass is 316 g/mol. The molecule has 6 heteroatoms. The van der Waals surface area contributed by atoms with Crippen molar-refractivity contribution in [3.05, 3.63) is 35.7 Å². The van der Waals surface area contributed by atoms with Gasteiger partial charge in [0.25, 0.3) is 0 Å². The Morgan fingerprint density at radius 3 is 2.83 bits per heavy atom. The number of hydrogen-bond donors (Lipinski definition) is 1. The number of nitrogens with one attached hydrogen (secondary N) is 1. The Labute approximate surface area is 136 Å². The summed E-state index contributed by atoms with van der Waals surface area (Å²) in [7, 11) is 4.03. The molecule has 2 rings (SSSR count). The van der Waals surface area contributed by atoms with Crippen LogP contribution < -0.4 is 5.32 Å². The highest BCUT2D eigenvalue weighted by molar-refractivity contribution is 5.76. The molecular formula is C17H24N4O2. The molecule has 0 aliphatic rings. The highest BCUT2D eigenvalue weighted by atomic mass is 16.5. The molecule has 2 aromatic rings. The van der Waals surface area contributed by atoms with E-state index >= 15 is 0 Å². The Morgan fingerprint density at radius 2 is 2.09 bits per heavy atom. The average molecular weight is 316 g/mol. The van der Waals surface area contributed by atoms with Crippen molar-refractivity contribution in [1.82, 2.24) is 20.4 Å². The molecule has 23 heavy (non-hydrogen) atoms. The number of amides is 1. The summed E-state index contributed by atoms with van der Waals surface area (Å²) in [6.45, 7) is 3.66. The zero-order valence-electron chi connectivity index (χ0n) is 14.0. The summed E-state index contributed by atoms with van der Waals surface area (Å²) < 4.78 is 5.23. The molecule has 0 spiro atoms. The van der Waals surface area contributed by atoms with Crippen LogP contribution in [0.15, 0.2) is 28.8 Å². The maximum absolute atomic E-state index is 11.8. The topological polar surface area (TPSA) is 71.3 Å². The Bertz CT molecular complexity index is 637. The van der Waals surface area contributed by atoms with Crippen LogP contribution in [0, 0.1) is 6.92 Å². The average Bonchev–Trinajstić information content (AvgIpc) is 2.98. The lowest BCUT2D eigenvalue weighted by atomic mass is 10.1. The molecule has 1 amide bonds. The van der Waals surface area contributed by atoms with Crippen molar-refractivity contribution in [2.75, 3.05) is 27.2 Å². The summed E-state index contributed by atoms with van der Waals surface area (Å²) in [6.07, 6.45) is 1.76. The van der Waals surface area contributed by atoms with Crippen molar-refractivity contribution >= 4 is 5.91 Å². The highest BCUT2D eigenvalue weighted by Crippen LogP contribution is 2.19. The fourth-order valence-electron chi connectivity index (χ4n) is 2.22. The maximum Gasteiger partial charge on any atom is 0.227 e. The van der Waals surface area contributed by atoms with Crippen LogP contribution in [0.5, 0.6) is 0 Å². The molecule has 0 unspecified atom stereocenters. The van der Waals surface area contributed by atoms with Crippen LogP contribution >= 0.6 is 0 Å². The van der Waals surface area contributed by atoms with Gasteiger partial charge < -0.3 is 14.7 Å². The lowest BCUT2D eigenvalue weighted by molar-refractivity contribution is -0.121. The predicted octanol–water partition coefficient (Wildman–Crippen LogP) is 2.05. The standard InChI is InChI=1S/C17H24N4O2/c1-13-7-4-5-8-14(13)17-19-16(23-20-17)10-9-15(22)18-11-6-12-21(2)3/h4-5,7-8H,6,9-12H2,1-3H3,(H,18,22). The van der Waals surface area contributed by atoms with Gasteiger partial charge in [-0.25, -0.2) is 0 Å². The van der Waals surface area contributed by atoms with Crippen molar-refractivity contribution < 1.29 is 9.32 Å². The number of carbonyl (C=O) groups excluding carboxylic acids is 1. The molecule has 0 saturated heterocycles. The summed E-state index contributed by atoms with van der Waals surface area (Å²) in [4.78, 5) is 18.2. The van der Waals surface area contributed by atoms with Crippen LogP contribution in [0.25, 0.3) is 11.4 Å². The smallest absolute Gasteiger partial charge is 0.227 e. The zero-order chi connectivity index (χ0) is 16.7. The van der Waals surface area contributed by atoms with Gasteiger partial charge in [-0.05, 0) is 39.5 Å². The third kappa shape index (κ3) is 5.49. The fraction of sp³-hybridized carbons (Fsp3) is 0.471. The van der Waals surface area contributed by atoms with E-state index in [1.54, 1.807) is 0 Å². The Balaban J connectivity index is 1.79. The van der Waals surface area contributed by atoms with Crippen LogP contribution in [-0.2, 0) is 11.2 Å². The van der Waals surface area contributed by atoms with Gasteiger partial charge in [0.1, 0.15) is 0 Å². The Hall–Kier alpha value is -2.21. The molecule has 0 aliphatic heterocycles. The largest absolute Gasteiger partial charge is 0.356 e. The normalized spacial score (nSPS) is 11.0. The van der Waals surface area contributed by atoms with Gasteiger partial charge in [0, 0.05) is 24.9 Å². The van der Waals surface area contributed by atoms with Crippen LogP contribution in [0.4, 0.5) is 0 Å². The van der Waals surface area contributed by atoms with Gasteiger partial charge >= 0.3 is 0 Å². The lowest BCUT2D eigenvalue weighted by Crippen LogP contribution is -2.27. The summed E-state index contributed by atoms with van der Waals surface area (Å²) in [5.41, 5.74) is 2.05. The molecule has 0 bridgehead atoms. The maximum atomic E-state index is 11.8. The van der Waals surface area contributed by atoms with Crippen LogP contribution in [-0.4, -0.2) is 48.1 Å². The number of benzene rings is 1. The van der Waals surface area contributed by atoms with E-state index in [-0.39, 0.29) is 5.91 Å². The number of aryl methyl sites for hydroxylation is 2. The molecule has 0 atom stereocenters. The Kier molecular flexibility index (Phi) is 6.29. The van der Waals surface area contributed by atoms with E-state index in [1.165, 1.54) is 0 Å². The number of aromatic nitrogens is 2. The molecule has 0 saturated carbocycles. The molecule has 124 valence electrons. The van der Waals surface area contributed by atoms with Crippen molar-refractivity contribution in [2.24, 2.45) is 0 Å². The predicted molar refractivity (Wildman–Crippen MR) is 89.0 cm³/mol. The van der Waals surface area contributed by atoms with Gasteiger partial charge in [0.2, 0.25) is 17.6 Å². The van der Waals surface area contributed by atoms with E-state index in [0.29, 0.717) is 31.1 Å². The molecule has 0 aliphatic carbocycles. The first-order valence-corrected chi connectivity index (χ1v) is 7.86. The number of hydrogen-bond acceptors (Lipinski definition) is 5. The highest BCUT2D eigenvalue weighted by Gasteiger charge is 2.11. The molecule has 6 nitrogen and oxygen atoms in total. The summed E-state index contributed by atoms with van der Waals surface area (Å²) in [5.74, 6) is 1.08.